The first-order valence-corrected chi connectivity index (χ1v) is 8.34. The van der Waals surface area contributed by atoms with Gasteiger partial charge in [-0.15, -0.1) is 0 Å². The second kappa shape index (κ2) is 6.91. The second-order valence-corrected chi connectivity index (χ2v) is 6.45. The van der Waals surface area contributed by atoms with Crippen molar-refractivity contribution in [3.63, 3.8) is 0 Å². The van der Waals surface area contributed by atoms with Crippen LogP contribution in [-0.2, 0) is 11.3 Å². The van der Waals surface area contributed by atoms with Gasteiger partial charge in [0.05, 0.1) is 5.57 Å². The molecule has 124 valence electrons. The summed E-state index contributed by atoms with van der Waals surface area (Å²) in [5, 5.41) is 0. The standard InChI is InChI=1S/C21H23NO2/c1-15(2)22(13-18-10-5-4-8-16(18)3)21(23)19-12-17-9-6-7-11-20(17)24-14-19/h4-12,15H,13-14H2,1-3H3. The van der Waals surface area contributed by atoms with Gasteiger partial charge in [0.15, 0.2) is 0 Å². The van der Waals surface area contributed by atoms with Crippen molar-refractivity contribution < 1.29 is 9.53 Å². The number of aryl methyl sites for hydroxylation is 1. The van der Waals surface area contributed by atoms with Crippen LogP contribution in [0.5, 0.6) is 5.75 Å². The summed E-state index contributed by atoms with van der Waals surface area (Å²) in [4.78, 5) is 15.0. The first kappa shape index (κ1) is 16.3. The van der Waals surface area contributed by atoms with E-state index in [0.29, 0.717) is 18.7 Å². The highest BCUT2D eigenvalue weighted by atomic mass is 16.5. The smallest absolute Gasteiger partial charge is 0.253 e. The minimum absolute atomic E-state index is 0.0442. The van der Waals surface area contributed by atoms with Crippen LogP contribution in [0.4, 0.5) is 0 Å². The van der Waals surface area contributed by atoms with Gasteiger partial charge in [0.25, 0.3) is 5.91 Å². The van der Waals surface area contributed by atoms with Gasteiger partial charge in [-0.05, 0) is 44.0 Å². The lowest BCUT2D eigenvalue weighted by molar-refractivity contribution is -0.129. The van der Waals surface area contributed by atoms with E-state index in [9.17, 15) is 4.79 Å². The third kappa shape index (κ3) is 3.35. The van der Waals surface area contributed by atoms with Crippen LogP contribution in [-0.4, -0.2) is 23.5 Å². The van der Waals surface area contributed by atoms with Gasteiger partial charge in [-0.25, -0.2) is 0 Å². The number of amides is 1. The van der Waals surface area contributed by atoms with Crippen LogP contribution in [0, 0.1) is 6.92 Å². The van der Waals surface area contributed by atoms with E-state index in [0.717, 1.165) is 11.3 Å². The molecule has 0 aliphatic carbocycles. The summed E-state index contributed by atoms with van der Waals surface area (Å²) in [6.07, 6.45) is 1.95. The van der Waals surface area contributed by atoms with Crippen molar-refractivity contribution >= 4 is 12.0 Å². The van der Waals surface area contributed by atoms with E-state index in [1.807, 2.05) is 61.2 Å². The Morgan fingerprint density at radius 1 is 1.12 bits per heavy atom. The third-order valence-electron chi connectivity index (χ3n) is 4.39. The van der Waals surface area contributed by atoms with Crippen LogP contribution in [0.1, 0.15) is 30.5 Å². The number of benzene rings is 2. The lowest BCUT2D eigenvalue weighted by Gasteiger charge is -2.29. The number of hydrogen-bond donors (Lipinski definition) is 0. The lowest BCUT2D eigenvalue weighted by atomic mass is 10.0. The van der Waals surface area contributed by atoms with E-state index >= 15 is 0 Å². The van der Waals surface area contributed by atoms with Crippen molar-refractivity contribution in [2.24, 2.45) is 0 Å². The van der Waals surface area contributed by atoms with Gasteiger partial charge < -0.3 is 9.64 Å². The van der Waals surface area contributed by atoms with E-state index in [2.05, 4.69) is 19.1 Å². The van der Waals surface area contributed by atoms with Crippen LogP contribution in [0.15, 0.2) is 54.1 Å². The Bertz CT molecular complexity index is 777. The fourth-order valence-electron chi connectivity index (χ4n) is 2.88. The molecule has 2 aromatic rings. The fraction of sp³-hybridized carbons (Fsp3) is 0.286. The van der Waals surface area contributed by atoms with Crippen LogP contribution in [0.25, 0.3) is 6.08 Å². The van der Waals surface area contributed by atoms with Gasteiger partial charge in [0.1, 0.15) is 12.4 Å². The normalized spacial score (nSPS) is 13.1. The predicted octanol–water partition coefficient (Wildman–Crippen LogP) is 4.21. The number of carbonyl (C=O) groups excluding carboxylic acids is 1. The number of carbonyl (C=O) groups is 1. The summed E-state index contributed by atoms with van der Waals surface area (Å²) < 4.78 is 5.75. The molecule has 3 rings (SSSR count). The molecule has 24 heavy (non-hydrogen) atoms. The fourth-order valence-corrected chi connectivity index (χ4v) is 2.88. The third-order valence-corrected chi connectivity index (χ3v) is 4.39. The summed E-state index contributed by atoms with van der Waals surface area (Å²) in [6, 6.07) is 16.1. The molecule has 0 atom stereocenters. The van der Waals surface area contributed by atoms with Gasteiger partial charge in [-0.3, -0.25) is 4.79 Å². The highest BCUT2D eigenvalue weighted by Crippen LogP contribution is 2.27. The summed E-state index contributed by atoms with van der Waals surface area (Å²) >= 11 is 0. The van der Waals surface area contributed by atoms with Crippen LogP contribution in [0.3, 0.4) is 0 Å². The molecule has 0 fully saturated rings. The van der Waals surface area contributed by atoms with Gasteiger partial charge in [0, 0.05) is 18.2 Å². The van der Waals surface area contributed by atoms with E-state index < -0.39 is 0 Å². The number of hydrogen-bond acceptors (Lipinski definition) is 2. The van der Waals surface area contributed by atoms with Crippen molar-refractivity contribution in [2.75, 3.05) is 6.61 Å². The minimum atomic E-state index is 0.0442. The van der Waals surface area contributed by atoms with Gasteiger partial charge in [0.2, 0.25) is 0 Å². The van der Waals surface area contributed by atoms with Crippen molar-refractivity contribution in [3.8, 4) is 5.75 Å². The average molecular weight is 321 g/mol. The molecule has 0 unspecified atom stereocenters. The van der Waals surface area contributed by atoms with Crippen molar-refractivity contribution in [3.05, 3.63) is 70.8 Å². The molecular formula is C21H23NO2. The second-order valence-electron chi connectivity index (χ2n) is 6.45. The molecular weight excluding hydrogens is 298 g/mol. The summed E-state index contributed by atoms with van der Waals surface area (Å²) in [7, 11) is 0. The molecule has 1 amide bonds. The first-order valence-electron chi connectivity index (χ1n) is 8.34. The van der Waals surface area contributed by atoms with Gasteiger partial charge in [-0.1, -0.05) is 42.5 Å². The summed E-state index contributed by atoms with van der Waals surface area (Å²) in [5.74, 6) is 0.881. The van der Waals surface area contributed by atoms with Crippen molar-refractivity contribution in [2.45, 2.75) is 33.4 Å². The molecule has 0 spiro atoms. The Kier molecular flexibility index (Phi) is 4.70. The molecule has 0 N–H and O–H groups in total. The molecule has 2 aromatic carbocycles. The molecule has 1 aliphatic heterocycles. The summed E-state index contributed by atoms with van der Waals surface area (Å²) in [5.41, 5.74) is 4.05. The van der Waals surface area contributed by atoms with Crippen LogP contribution >= 0.6 is 0 Å². The Balaban J connectivity index is 1.86. The molecule has 1 aliphatic rings. The van der Waals surface area contributed by atoms with Crippen LogP contribution in [0.2, 0.25) is 0 Å². The highest BCUT2D eigenvalue weighted by Gasteiger charge is 2.24. The maximum absolute atomic E-state index is 13.0. The zero-order chi connectivity index (χ0) is 17.1. The van der Waals surface area contributed by atoms with E-state index in [1.165, 1.54) is 11.1 Å². The Labute approximate surface area is 143 Å². The number of fused-ring (bicyclic) bond motifs is 1. The van der Waals surface area contributed by atoms with E-state index in [4.69, 9.17) is 4.74 Å². The molecule has 0 bridgehead atoms. The molecule has 3 nitrogen and oxygen atoms in total. The Hall–Kier alpha value is -2.55. The van der Waals surface area contributed by atoms with Gasteiger partial charge >= 0.3 is 0 Å². The van der Waals surface area contributed by atoms with E-state index in [1.54, 1.807) is 0 Å². The monoisotopic (exact) mass is 321 g/mol. The zero-order valence-corrected chi connectivity index (χ0v) is 14.5. The zero-order valence-electron chi connectivity index (χ0n) is 14.5. The Morgan fingerprint density at radius 3 is 2.58 bits per heavy atom. The predicted molar refractivity (Wildman–Crippen MR) is 96.8 cm³/mol. The minimum Gasteiger partial charge on any atom is -0.488 e. The maximum Gasteiger partial charge on any atom is 0.253 e. The first-order chi connectivity index (χ1) is 11.6. The van der Waals surface area contributed by atoms with E-state index in [-0.39, 0.29) is 11.9 Å². The number of ether oxygens (including phenoxy) is 1. The van der Waals surface area contributed by atoms with Gasteiger partial charge in [-0.2, -0.15) is 0 Å². The molecule has 1 heterocycles. The quantitative estimate of drug-likeness (QED) is 0.844. The van der Waals surface area contributed by atoms with Crippen molar-refractivity contribution in [1.82, 2.24) is 4.90 Å². The number of para-hydroxylation sites is 1. The molecule has 0 saturated heterocycles. The molecule has 0 saturated carbocycles. The molecule has 3 heteroatoms. The molecule has 0 radical (unpaired) electrons. The maximum atomic E-state index is 13.0. The van der Waals surface area contributed by atoms with Crippen molar-refractivity contribution in [1.29, 1.82) is 0 Å². The largest absolute Gasteiger partial charge is 0.488 e. The molecule has 0 aromatic heterocycles. The number of rotatable bonds is 4. The lowest BCUT2D eigenvalue weighted by Crippen LogP contribution is -2.39. The Morgan fingerprint density at radius 2 is 1.83 bits per heavy atom. The topological polar surface area (TPSA) is 29.5 Å². The summed E-state index contributed by atoms with van der Waals surface area (Å²) in [6.45, 7) is 7.12. The average Bonchev–Trinajstić information content (AvgIpc) is 2.59. The highest BCUT2D eigenvalue weighted by molar-refractivity contribution is 5.99. The number of nitrogens with zero attached hydrogens (tertiary/aromatic N) is 1. The van der Waals surface area contributed by atoms with Crippen LogP contribution < -0.4 is 4.74 Å². The SMILES string of the molecule is Cc1ccccc1CN(C(=O)C1=Cc2ccccc2OC1)C(C)C.